The first-order valence-corrected chi connectivity index (χ1v) is 6.63. The lowest BCUT2D eigenvalue weighted by Crippen LogP contribution is -2.39. The lowest BCUT2D eigenvalue weighted by molar-refractivity contribution is 0.295. The van der Waals surface area contributed by atoms with Crippen molar-refractivity contribution in [3.05, 3.63) is 11.9 Å². The third kappa shape index (κ3) is 4.46. The third-order valence-electron chi connectivity index (χ3n) is 3.42. The van der Waals surface area contributed by atoms with Crippen LogP contribution in [0.15, 0.2) is 6.20 Å². The van der Waals surface area contributed by atoms with Crippen molar-refractivity contribution in [3.63, 3.8) is 0 Å². The average Bonchev–Trinajstić information content (AvgIpc) is 2.69. The SMILES string of the molecule is CCCNC(Cc1cn(C)nn1)C(C)C(C)C. The highest BCUT2D eigenvalue weighted by Gasteiger charge is 2.20. The summed E-state index contributed by atoms with van der Waals surface area (Å²) in [6.07, 6.45) is 4.14. The summed E-state index contributed by atoms with van der Waals surface area (Å²) in [5, 5.41) is 11.8. The van der Waals surface area contributed by atoms with Crippen molar-refractivity contribution in [3.8, 4) is 0 Å². The fourth-order valence-corrected chi connectivity index (χ4v) is 1.95. The molecule has 0 saturated heterocycles. The second-order valence-corrected chi connectivity index (χ2v) is 5.25. The fourth-order valence-electron chi connectivity index (χ4n) is 1.95. The highest BCUT2D eigenvalue weighted by atomic mass is 15.4. The van der Waals surface area contributed by atoms with Gasteiger partial charge in [0.05, 0.1) is 5.69 Å². The molecule has 2 unspecified atom stereocenters. The number of hydrogen-bond donors (Lipinski definition) is 1. The first kappa shape index (κ1) is 14.2. The Kier molecular flexibility index (Phi) is 5.62. The smallest absolute Gasteiger partial charge is 0.0842 e. The molecule has 4 heteroatoms. The molecule has 98 valence electrons. The molecule has 0 bridgehead atoms. The van der Waals surface area contributed by atoms with Gasteiger partial charge in [-0.25, -0.2) is 0 Å². The van der Waals surface area contributed by atoms with Crippen molar-refractivity contribution < 1.29 is 0 Å². The van der Waals surface area contributed by atoms with Gasteiger partial charge in [0.1, 0.15) is 0 Å². The van der Waals surface area contributed by atoms with Crippen molar-refractivity contribution in [2.45, 2.75) is 46.6 Å². The molecule has 0 aliphatic heterocycles. The minimum atomic E-state index is 0.492. The normalized spacial score (nSPS) is 15.2. The maximum Gasteiger partial charge on any atom is 0.0842 e. The van der Waals surface area contributed by atoms with Crippen molar-refractivity contribution >= 4 is 0 Å². The average molecular weight is 238 g/mol. The Balaban J connectivity index is 2.62. The topological polar surface area (TPSA) is 42.7 Å². The molecule has 4 nitrogen and oxygen atoms in total. The molecule has 0 saturated carbocycles. The van der Waals surface area contributed by atoms with E-state index in [9.17, 15) is 0 Å². The van der Waals surface area contributed by atoms with Gasteiger partial charge in [-0.15, -0.1) is 5.10 Å². The van der Waals surface area contributed by atoms with E-state index in [4.69, 9.17) is 0 Å². The Hall–Kier alpha value is -0.900. The Morgan fingerprint density at radius 2 is 2.06 bits per heavy atom. The zero-order chi connectivity index (χ0) is 12.8. The zero-order valence-corrected chi connectivity index (χ0v) is 11.8. The van der Waals surface area contributed by atoms with E-state index in [-0.39, 0.29) is 0 Å². The molecule has 0 aromatic carbocycles. The molecule has 1 N–H and O–H groups in total. The maximum atomic E-state index is 4.18. The molecule has 1 rings (SSSR count). The van der Waals surface area contributed by atoms with Gasteiger partial charge in [-0.2, -0.15) is 0 Å². The summed E-state index contributed by atoms with van der Waals surface area (Å²) in [4.78, 5) is 0. The van der Waals surface area contributed by atoms with E-state index in [0.717, 1.165) is 18.7 Å². The number of nitrogens with zero attached hydrogens (tertiary/aromatic N) is 3. The standard InChI is InChI=1S/C13H26N4/c1-6-7-14-13(11(4)10(2)3)8-12-9-17(5)16-15-12/h9-11,13-14H,6-8H2,1-5H3. The summed E-state index contributed by atoms with van der Waals surface area (Å²) < 4.78 is 1.77. The van der Waals surface area contributed by atoms with Gasteiger partial charge in [-0.1, -0.05) is 32.9 Å². The van der Waals surface area contributed by atoms with E-state index in [0.29, 0.717) is 17.9 Å². The summed E-state index contributed by atoms with van der Waals surface area (Å²) in [7, 11) is 1.91. The first-order chi connectivity index (χ1) is 8.04. The van der Waals surface area contributed by atoms with Gasteiger partial charge in [0.25, 0.3) is 0 Å². The Morgan fingerprint density at radius 3 is 2.53 bits per heavy atom. The Morgan fingerprint density at radius 1 is 1.35 bits per heavy atom. The second kappa shape index (κ2) is 6.74. The van der Waals surface area contributed by atoms with Crippen LogP contribution in [0.3, 0.4) is 0 Å². The van der Waals surface area contributed by atoms with Crippen molar-refractivity contribution in [1.29, 1.82) is 0 Å². The molecule has 0 radical (unpaired) electrons. The quantitative estimate of drug-likeness (QED) is 0.790. The molecule has 0 aliphatic carbocycles. The van der Waals surface area contributed by atoms with Crippen LogP contribution in [0.25, 0.3) is 0 Å². The van der Waals surface area contributed by atoms with Gasteiger partial charge in [0, 0.05) is 25.7 Å². The third-order valence-corrected chi connectivity index (χ3v) is 3.42. The number of aromatic nitrogens is 3. The molecule has 0 spiro atoms. The monoisotopic (exact) mass is 238 g/mol. The molecule has 1 aromatic rings. The minimum Gasteiger partial charge on any atom is -0.313 e. The van der Waals surface area contributed by atoms with Gasteiger partial charge in [-0.3, -0.25) is 4.68 Å². The summed E-state index contributed by atoms with van der Waals surface area (Å²) in [6.45, 7) is 10.1. The Labute approximate surface area is 105 Å². The Bertz CT molecular complexity index is 319. The lowest BCUT2D eigenvalue weighted by atomic mass is 9.87. The van der Waals surface area contributed by atoms with E-state index < -0.39 is 0 Å². The predicted molar refractivity (Wildman–Crippen MR) is 70.8 cm³/mol. The molecule has 0 amide bonds. The van der Waals surface area contributed by atoms with Gasteiger partial charge in [0.2, 0.25) is 0 Å². The fraction of sp³-hybridized carbons (Fsp3) is 0.846. The van der Waals surface area contributed by atoms with Crippen LogP contribution in [0.1, 0.15) is 39.8 Å². The highest BCUT2D eigenvalue weighted by molar-refractivity contribution is 4.97. The van der Waals surface area contributed by atoms with Crippen LogP contribution in [0.5, 0.6) is 0 Å². The second-order valence-electron chi connectivity index (χ2n) is 5.25. The molecule has 17 heavy (non-hydrogen) atoms. The number of rotatable bonds is 7. The van der Waals surface area contributed by atoms with E-state index in [1.54, 1.807) is 4.68 Å². The molecule has 1 heterocycles. The van der Waals surface area contributed by atoms with Gasteiger partial charge in [0.15, 0.2) is 0 Å². The van der Waals surface area contributed by atoms with Crippen LogP contribution in [-0.2, 0) is 13.5 Å². The minimum absolute atomic E-state index is 0.492. The van der Waals surface area contributed by atoms with E-state index >= 15 is 0 Å². The lowest BCUT2D eigenvalue weighted by Gasteiger charge is -2.27. The van der Waals surface area contributed by atoms with Crippen LogP contribution in [0.2, 0.25) is 0 Å². The molecule has 2 atom stereocenters. The molecule has 1 aromatic heterocycles. The van der Waals surface area contributed by atoms with Crippen LogP contribution >= 0.6 is 0 Å². The first-order valence-electron chi connectivity index (χ1n) is 6.63. The van der Waals surface area contributed by atoms with E-state index in [2.05, 4.69) is 43.3 Å². The molecular weight excluding hydrogens is 212 g/mol. The van der Waals surface area contributed by atoms with E-state index in [1.165, 1.54) is 6.42 Å². The zero-order valence-electron chi connectivity index (χ0n) is 11.8. The van der Waals surface area contributed by atoms with Gasteiger partial charge >= 0.3 is 0 Å². The van der Waals surface area contributed by atoms with E-state index in [1.807, 2.05) is 13.2 Å². The van der Waals surface area contributed by atoms with Gasteiger partial charge < -0.3 is 5.32 Å². The van der Waals surface area contributed by atoms with Gasteiger partial charge in [-0.05, 0) is 24.8 Å². The summed E-state index contributed by atoms with van der Waals surface area (Å²) in [5.41, 5.74) is 1.08. The summed E-state index contributed by atoms with van der Waals surface area (Å²) in [6, 6.07) is 0.492. The number of hydrogen-bond acceptors (Lipinski definition) is 3. The van der Waals surface area contributed by atoms with Crippen LogP contribution < -0.4 is 5.32 Å². The van der Waals surface area contributed by atoms with Crippen molar-refractivity contribution in [2.75, 3.05) is 6.54 Å². The van der Waals surface area contributed by atoms with Crippen molar-refractivity contribution in [2.24, 2.45) is 18.9 Å². The maximum absolute atomic E-state index is 4.18. The number of nitrogens with one attached hydrogen (secondary N) is 1. The number of aryl methyl sites for hydroxylation is 1. The largest absolute Gasteiger partial charge is 0.313 e. The predicted octanol–water partition coefficient (Wildman–Crippen LogP) is 2.02. The van der Waals surface area contributed by atoms with Crippen LogP contribution in [0.4, 0.5) is 0 Å². The molecule has 0 aliphatic rings. The molecule has 0 fully saturated rings. The highest BCUT2D eigenvalue weighted by Crippen LogP contribution is 2.17. The summed E-state index contributed by atoms with van der Waals surface area (Å²) >= 11 is 0. The van der Waals surface area contributed by atoms with Crippen molar-refractivity contribution in [1.82, 2.24) is 20.3 Å². The molecular formula is C13H26N4. The summed E-state index contributed by atoms with van der Waals surface area (Å²) in [5.74, 6) is 1.32. The van der Waals surface area contributed by atoms with Crippen LogP contribution in [0, 0.1) is 11.8 Å². The van der Waals surface area contributed by atoms with Crippen LogP contribution in [-0.4, -0.2) is 27.6 Å².